The largest absolute Gasteiger partial charge is 0.488 e. The van der Waals surface area contributed by atoms with Crippen molar-refractivity contribution in [3.05, 3.63) is 71.3 Å². The van der Waals surface area contributed by atoms with Gasteiger partial charge < -0.3 is 19.7 Å². The van der Waals surface area contributed by atoms with Crippen molar-refractivity contribution < 1.29 is 23.9 Å². The van der Waals surface area contributed by atoms with Crippen molar-refractivity contribution >= 4 is 35.4 Å². The molecule has 2 aromatic rings. The van der Waals surface area contributed by atoms with Crippen LogP contribution < -0.4 is 5.32 Å². The average molecular weight is 605 g/mol. The number of benzene rings is 1. The minimum absolute atomic E-state index is 0.114. The van der Waals surface area contributed by atoms with Crippen LogP contribution >= 0.6 is 11.9 Å². The van der Waals surface area contributed by atoms with Crippen LogP contribution in [0.4, 0.5) is 5.69 Å². The first-order valence-electron chi connectivity index (χ1n) is 14.9. The highest BCUT2D eigenvalue weighted by Gasteiger charge is 2.32. The van der Waals surface area contributed by atoms with Gasteiger partial charge in [0.25, 0.3) is 11.8 Å². The number of carbonyl (C=O) groups is 3. The zero-order chi connectivity index (χ0) is 30.4. The molecule has 0 saturated carbocycles. The Bertz CT molecular complexity index is 1430. The van der Waals surface area contributed by atoms with Gasteiger partial charge in [-0.05, 0) is 80.8 Å². The molecule has 9 nitrogen and oxygen atoms in total. The molecule has 3 aliphatic rings. The highest BCUT2D eigenvalue weighted by atomic mass is 32.2. The van der Waals surface area contributed by atoms with E-state index in [1.165, 1.54) is 5.57 Å². The summed E-state index contributed by atoms with van der Waals surface area (Å²) in [5, 5.41) is 2.91. The fraction of sp³-hybridized carbons (Fsp3) is 0.455. The molecule has 1 aromatic carbocycles. The number of aromatic nitrogens is 1. The third-order valence-electron chi connectivity index (χ3n) is 8.22. The lowest BCUT2D eigenvalue weighted by Crippen LogP contribution is -2.40. The molecular formula is C33H40N4O5S. The Balaban J connectivity index is 1.17. The topological polar surface area (TPSA) is 101 Å². The first kappa shape index (κ1) is 30.8. The number of carbonyl (C=O) groups excluding carboxylic acids is 3. The van der Waals surface area contributed by atoms with E-state index >= 15 is 0 Å². The predicted octanol–water partition coefficient (Wildman–Crippen LogP) is 5.61. The number of nitrogens with zero attached hydrogens (tertiary/aromatic N) is 3. The molecule has 3 heterocycles. The van der Waals surface area contributed by atoms with E-state index in [1.54, 1.807) is 28.6 Å². The second-order valence-electron chi connectivity index (χ2n) is 11.6. The van der Waals surface area contributed by atoms with Crippen molar-refractivity contribution in [2.45, 2.75) is 57.1 Å². The molecule has 3 amide bonds. The van der Waals surface area contributed by atoms with Gasteiger partial charge in [0, 0.05) is 61.4 Å². The minimum Gasteiger partial charge on any atom is -0.488 e. The fourth-order valence-corrected chi connectivity index (χ4v) is 6.77. The molecule has 5 rings (SSSR count). The van der Waals surface area contributed by atoms with Crippen LogP contribution in [0, 0.1) is 0 Å². The number of ether oxygens (including phenoxy) is 2. The summed E-state index contributed by atoms with van der Waals surface area (Å²) in [4.78, 5) is 44.9. The van der Waals surface area contributed by atoms with E-state index in [4.69, 9.17) is 9.47 Å². The smallest absolute Gasteiger partial charge is 0.290 e. The summed E-state index contributed by atoms with van der Waals surface area (Å²) in [5.74, 6) is 0.220. The number of hydrogen-bond donors (Lipinski definition) is 1. The van der Waals surface area contributed by atoms with Crippen LogP contribution in [0.3, 0.4) is 0 Å². The molecule has 10 heteroatoms. The van der Waals surface area contributed by atoms with Crippen molar-refractivity contribution in [3.8, 4) is 11.1 Å². The third kappa shape index (κ3) is 7.86. The maximum atomic E-state index is 13.4. The summed E-state index contributed by atoms with van der Waals surface area (Å²) in [6.07, 6.45) is 10.4. The molecule has 43 heavy (non-hydrogen) atoms. The van der Waals surface area contributed by atoms with Crippen LogP contribution in [0.15, 0.2) is 65.7 Å². The number of rotatable bonds is 9. The molecule has 228 valence electrons. The standard InChI is InChI=1S/C33H40N4O5S/c1-23-11-16-42-30(23)31(39)35-28-6-4-5-25(20-28)26-19-27(22-34-21-26)32(40)36(3)43-33(2)12-9-24(10-13-33)7-8-29(38)37-14-17-41-18-15-37/h4-6,9,19-22H,7-8,10-18H2,1-3H3,(H,35,39). The maximum Gasteiger partial charge on any atom is 0.290 e. The molecule has 1 aromatic heterocycles. The maximum absolute atomic E-state index is 13.4. The quantitative estimate of drug-likeness (QED) is 0.293. The summed E-state index contributed by atoms with van der Waals surface area (Å²) in [5.41, 5.74) is 5.05. The number of pyridine rings is 1. The highest BCUT2D eigenvalue weighted by Crippen LogP contribution is 2.41. The van der Waals surface area contributed by atoms with Crippen molar-refractivity contribution in [2.75, 3.05) is 45.3 Å². The molecule has 1 N–H and O–H groups in total. The van der Waals surface area contributed by atoms with Gasteiger partial charge >= 0.3 is 0 Å². The van der Waals surface area contributed by atoms with Gasteiger partial charge in [0.05, 0.1) is 25.4 Å². The third-order valence-corrected chi connectivity index (χ3v) is 9.47. The zero-order valence-corrected chi connectivity index (χ0v) is 26.0. The van der Waals surface area contributed by atoms with Gasteiger partial charge in [-0.25, -0.2) is 0 Å². The van der Waals surface area contributed by atoms with Gasteiger partial charge in [-0.2, -0.15) is 0 Å². The Morgan fingerprint density at radius 1 is 1.09 bits per heavy atom. The Kier molecular flexibility index (Phi) is 9.87. The van der Waals surface area contributed by atoms with Gasteiger partial charge in [0.15, 0.2) is 5.76 Å². The predicted molar refractivity (Wildman–Crippen MR) is 168 cm³/mol. The van der Waals surface area contributed by atoms with Crippen molar-refractivity contribution in [3.63, 3.8) is 0 Å². The molecule has 1 saturated heterocycles. The Morgan fingerprint density at radius 2 is 1.91 bits per heavy atom. The Morgan fingerprint density at radius 3 is 2.63 bits per heavy atom. The molecule has 0 bridgehead atoms. The first-order valence-corrected chi connectivity index (χ1v) is 15.7. The van der Waals surface area contributed by atoms with Crippen LogP contribution in [0.1, 0.15) is 62.7 Å². The van der Waals surface area contributed by atoms with E-state index in [0.29, 0.717) is 56.3 Å². The molecule has 0 spiro atoms. The van der Waals surface area contributed by atoms with E-state index in [2.05, 4.69) is 23.3 Å². The summed E-state index contributed by atoms with van der Waals surface area (Å²) in [6.45, 7) is 7.24. The molecule has 1 fully saturated rings. The number of anilines is 1. The van der Waals surface area contributed by atoms with Crippen LogP contribution in [-0.4, -0.2) is 76.6 Å². The van der Waals surface area contributed by atoms with E-state index in [9.17, 15) is 14.4 Å². The van der Waals surface area contributed by atoms with Gasteiger partial charge in [-0.15, -0.1) is 0 Å². The lowest BCUT2D eigenvalue weighted by atomic mass is 9.88. The molecule has 1 aliphatic carbocycles. The highest BCUT2D eigenvalue weighted by molar-refractivity contribution is 7.98. The second-order valence-corrected chi connectivity index (χ2v) is 13.3. The normalized spacial score (nSPS) is 20.3. The van der Waals surface area contributed by atoms with E-state index in [0.717, 1.165) is 48.8 Å². The van der Waals surface area contributed by atoms with Gasteiger partial charge in [0.1, 0.15) is 0 Å². The average Bonchev–Trinajstić information content (AvgIpc) is 3.46. The molecular weight excluding hydrogens is 564 g/mol. The summed E-state index contributed by atoms with van der Waals surface area (Å²) >= 11 is 1.56. The monoisotopic (exact) mass is 604 g/mol. The van der Waals surface area contributed by atoms with Gasteiger partial charge in [0.2, 0.25) is 5.91 Å². The van der Waals surface area contributed by atoms with Gasteiger partial charge in [-0.1, -0.05) is 23.8 Å². The fourth-order valence-electron chi connectivity index (χ4n) is 5.57. The first-order chi connectivity index (χ1) is 20.7. The number of nitrogens with one attached hydrogen (secondary N) is 1. The van der Waals surface area contributed by atoms with Crippen LogP contribution in [0.25, 0.3) is 11.1 Å². The zero-order valence-electron chi connectivity index (χ0n) is 25.2. The van der Waals surface area contributed by atoms with E-state index in [-0.39, 0.29) is 22.5 Å². The van der Waals surface area contributed by atoms with E-state index < -0.39 is 0 Å². The molecule has 1 unspecified atom stereocenters. The lowest BCUT2D eigenvalue weighted by molar-refractivity contribution is -0.135. The Labute approximate surface area is 257 Å². The van der Waals surface area contributed by atoms with Crippen molar-refractivity contribution in [2.24, 2.45) is 0 Å². The van der Waals surface area contributed by atoms with Crippen LogP contribution in [0.5, 0.6) is 0 Å². The summed E-state index contributed by atoms with van der Waals surface area (Å²) in [6, 6.07) is 9.33. The second kappa shape index (κ2) is 13.8. The molecule has 1 atom stereocenters. The lowest BCUT2D eigenvalue weighted by Gasteiger charge is -2.35. The van der Waals surface area contributed by atoms with Crippen LogP contribution in [-0.2, 0) is 19.1 Å². The van der Waals surface area contributed by atoms with Crippen molar-refractivity contribution in [1.82, 2.24) is 14.2 Å². The van der Waals surface area contributed by atoms with Crippen LogP contribution in [0.2, 0.25) is 0 Å². The number of amides is 3. The molecule has 2 aliphatic heterocycles. The van der Waals surface area contributed by atoms with Crippen molar-refractivity contribution in [1.29, 1.82) is 0 Å². The number of hydrogen-bond acceptors (Lipinski definition) is 7. The number of allylic oxidation sites excluding steroid dienone is 2. The SMILES string of the molecule is CC1=C(C(=O)Nc2cccc(-c3cncc(C(=O)N(C)SC4(C)CC=C(CCC(=O)N5CCOCC5)CC4)c3)c2)OCC1. The number of morpholine rings is 1. The summed E-state index contributed by atoms with van der Waals surface area (Å²) in [7, 11) is 1.81. The molecule has 0 radical (unpaired) electrons. The Hall–Kier alpha value is -3.63. The summed E-state index contributed by atoms with van der Waals surface area (Å²) < 4.78 is 12.4. The minimum atomic E-state index is -0.257. The van der Waals surface area contributed by atoms with Gasteiger partial charge in [-0.3, -0.25) is 23.7 Å². The van der Waals surface area contributed by atoms with E-state index in [1.807, 2.05) is 49.2 Å².